The fourth-order valence-electron chi connectivity index (χ4n) is 3.54. The third-order valence-corrected chi connectivity index (χ3v) is 4.87. The molecule has 5 heterocycles. The fourth-order valence-corrected chi connectivity index (χ4v) is 3.54. The maximum Gasteiger partial charge on any atom is 0.231 e. The normalized spacial score (nSPS) is 41.8. The zero-order valence-corrected chi connectivity index (χ0v) is 11.4. The van der Waals surface area contributed by atoms with Gasteiger partial charge in [0.1, 0.15) is 0 Å². The van der Waals surface area contributed by atoms with Crippen molar-refractivity contribution in [1.29, 1.82) is 0 Å². The van der Waals surface area contributed by atoms with Gasteiger partial charge in [-0.15, -0.1) is 0 Å². The van der Waals surface area contributed by atoms with Crippen LogP contribution in [0.1, 0.15) is 30.6 Å². The van der Waals surface area contributed by atoms with Crippen LogP contribution in [0.4, 0.5) is 0 Å². The van der Waals surface area contributed by atoms with E-state index < -0.39 is 0 Å². The number of piperazine rings is 3. The Bertz CT molecular complexity index is 454. The number of rotatable bonds is 2. The summed E-state index contributed by atoms with van der Waals surface area (Å²) in [7, 11) is 0. The lowest BCUT2D eigenvalue weighted by atomic mass is 9.98. The fraction of sp³-hybridized carbons (Fsp3) is 0.846. The first-order valence-corrected chi connectivity index (χ1v) is 7.32. The highest BCUT2D eigenvalue weighted by Crippen LogP contribution is 2.30. The SMILES string of the molecule is C[C@@H]1CNC[C@H]1c1nc(C2CN3CCN2CC3)no1. The largest absolute Gasteiger partial charge is 0.339 e. The third kappa shape index (κ3) is 1.98. The molecule has 2 bridgehead atoms. The smallest absolute Gasteiger partial charge is 0.231 e. The van der Waals surface area contributed by atoms with Crippen molar-refractivity contribution >= 4 is 0 Å². The van der Waals surface area contributed by atoms with E-state index in [0.717, 1.165) is 44.4 Å². The van der Waals surface area contributed by atoms with E-state index in [0.29, 0.717) is 17.9 Å². The van der Waals surface area contributed by atoms with Crippen LogP contribution in [0.5, 0.6) is 0 Å². The van der Waals surface area contributed by atoms with Gasteiger partial charge in [0.15, 0.2) is 5.82 Å². The molecule has 4 saturated heterocycles. The molecule has 104 valence electrons. The predicted octanol–water partition coefficient (Wildman–Crippen LogP) is 0.0648. The number of aromatic nitrogens is 2. The van der Waals surface area contributed by atoms with Crippen molar-refractivity contribution in [2.24, 2.45) is 5.92 Å². The highest BCUT2D eigenvalue weighted by atomic mass is 16.5. The Morgan fingerprint density at radius 2 is 2.05 bits per heavy atom. The molecule has 1 aromatic rings. The van der Waals surface area contributed by atoms with Crippen LogP contribution < -0.4 is 5.32 Å². The molecule has 0 saturated carbocycles. The van der Waals surface area contributed by atoms with Crippen LogP contribution in [0.3, 0.4) is 0 Å². The van der Waals surface area contributed by atoms with Gasteiger partial charge in [0.2, 0.25) is 5.89 Å². The van der Waals surface area contributed by atoms with E-state index in [1.165, 1.54) is 13.1 Å². The summed E-state index contributed by atoms with van der Waals surface area (Å²) < 4.78 is 5.53. The molecule has 1 aromatic heterocycles. The monoisotopic (exact) mass is 263 g/mol. The van der Waals surface area contributed by atoms with Crippen LogP contribution in [0.2, 0.25) is 0 Å². The Morgan fingerprint density at radius 3 is 2.68 bits per heavy atom. The van der Waals surface area contributed by atoms with Crippen LogP contribution in [0.25, 0.3) is 0 Å². The Balaban J connectivity index is 1.55. The molecule has 4 fully saturated rings. The van der Waals surface area contributed by atoms with Crippen molar-refractivity contribution in [1.82, 2.24) is 25.3 Å². The van der Waals surface area contributed by atoms with E-state index in [9.17, 15) is 0 Å². The molecule has 6 nitrogen and oxygen atoms in total. The number of hydrogen-bond donors (Lipinski definition) is 1. The van der Waals surface area contributed by atoms with Crippen molar-refractivity contribution in [2.45, 2.75) is 18.9 Å². The van der Waals surface area contributed by atoms with Crippen LogP contribution >= 0.6 is 0 Å². The molecule has 0 spiro atoms. The van der Waals surface area contributed by atoms with E-state index in [1.54, 1.807) is 0 Å². The molecule has 19 heavy (non-hydrogen) atoms. The Morgan fingerprint density at radius 1 is 1.21 bits per heavy atom. The Labute approximate surface area is 113 Å². The average molecular weight is 263 g/mol. The molecular weight excluding hydrogens is 242 g/mol. The van der Waals surface area contributed by atoms with Crippen molar-refractivity contribution < 1.29 is 4.52 Å². The zero-order valence-electron chi connectivity index (χ0n) is 11.4. The molecule has 4 aliphatic heterocycles. The Kier molecular flexibility index (Phi) is 2.82. The minimum Gasteiger partial charge on any atom is -0.339 e. The summed E-state index contributed by atoms with van der Waals surface area (Å²) >= 11 is 0. The van der Waals surface area contributed by atoms with Gasteiger partial charge in [0.25, 0.3) is 0 Å². The highest BCUT2D eigenvalue weighted by molar-refractivity contribution is 5.06. The van der Waals surface area contributed by atoms with E-state index in [-0.39, 0.29) is 0 Å². The molecule has 5 rings (SSSR count). The van der Waals surface area contributed by atoms with Gasteiger partial charge < -0.3 is 9.84 Å². The first kappa shape index (κ1) is 11.8. The lowest BCUT2D eigenvalue weighted by Gasteiger charge is -2.46. The summed E-state index contributed by atoms with van der Waals surface area (Å²) in [6.45, 7) is 9.94. The van der Waals surface area contributed by atoms with Gasteiger partial charge in [-0.3, -0.25) is 9.80 Å². The lowest BCUT2D eigenvalue weighted by molar-refractivity contribution is 0.00781. The second-order valence-corrected chi connectivity index (χ2v) is 6.09. The molecule has 4 aliphatic rings. The molecule has 1 unspecified atom stereocenters. The van der Waals surface area contributed by atoms with Gasteiger partial charge >= 0.3 is 0 Å². The van der Waals surface area contributed by atoms with Crippen LogP contribution in [-0.4, -0.2) is 65.8 Å². The Hall–Kier alpha value is -0.980. The number of nitrogens with one attached hydrogen (secondary N) is 1. The third-order valence-electron chi connectivity index (χ3n) is 4.87. The summed E-state index contributed by atoms with van der Waals surface area (Å²) in [5.41, 5.74) is 0. The van der Waals surface area contributed by atoms with Crippen molar-refractivity contribution in [3.8, 4) is 0 Å². The molecule has 6 heteroatoms. The molecule has 3 atom stereocenters. The second-order valence-electron chi connectivity index (χ2n) is 6.09. The van der Waals surface area contributed by atoms with Gasteiger partial charge in [-0.25, -0.2) is 0 Å². The maximum absolute atomic E-state index is 5.53. The molecular formula is C13H21N5O. The van der Waals surface area contributed by atoms with Crippen molar-refractivity contribution in [3.63, 3.8) is 0 Å². The lowest BCUT2D eigenvalue weighted by Crippen LogP contribution is -2.57. The van der Waals surface area contributed by atoms with Gasteiger partial charge in [0, 0.05) is 39.3 Å². The standard InChI is InChI=1S/C13H21N5O/c1-9-6-14-7-10(9)13-15-12(16-19-13)11-8-17-2-4-18(11)5-3-17/h9-11,14H,2-8H2,1H3/t9-,10-,11?/m1/s1. The van der Waals surface area contributed by atoms with Gasteiger partial charge in [-0.2, -0.15) is 4.98 Å². The molecule has 0 aromatic carbocycles. The minimum atomic E-state index is 0.338. The summed E-state index contributed by atoms with van der Waals surface area (Å²) in [4.78, 5) is 9.69. The number of hydrogen-bond acceptors (Lipinski definition) is 6. The summed E-state index contributed by atoms with van der Waals surface area (Å²) in [5.74, 6) is 2.68. The van der Waals surface area contributed by atoms with Crippen molar-refractivity contribution in [3.05, 3.63) is 11.7 Å². The van der Waals surface area contributed by atoms with Crippen LogP contribution in [0.15, 0.2) is 4.52 Å². The predicted molar refractivity (Wildman–Crippen MR) is 69.8 cm³/mol. The second kappa shape index (κ2) is 4.54. The summed E-state index contributed by atoms with van der Waals surface area (Å²) in [6, 6.07) is 0.338. The van der Waals surface area contributed by atoms with Crippen LogP contribution in [0, 0.1) is 5.92 Å². The molecule has 0 amide bonds. The van der Waals surface area contributed by atoms with E-state index in [2.05, 4.69) is 27.2 Å². The van der Waals surface area contributed by atoms with E-state index >= 15 is 0 Å². The molecule has 0 radical (unpaired) electrons. The number of fused-ring (bicyclic) bond motifs is 3. The van der Waals surface area contributed by atoms with E-state index in [1.807, 2.05) is 0 Å². The molecule has 0 aliphatic carbocycles. The van der Waals surface area contributed by atoms with Crippen LogP contribution in [-0.2, 0) is 0 Å². The average Bonchev–Trinajstić information content (AvgIpc) is 3.08. The van der Waals surface area contributed by atoms with E-state index in [4.69, 9.17) is 9.51 Å². The minimum absolute atomic E-state index is 0.338. The quantitative estimate of drug-likeness (QED) is 0.814. The van der Waals surface area contributed by atoms with Gasteiger partial charge in [-0.05, 0) is 12.5 Å². The summed E-state index contributed by atoms with van der Waals surface area (Å²) in [6.07, 6.45) is 0. The first-order chi connectivity index (χ1) is 9.31. The zero-order chi connectivity index (χ0) is 12.8. The molecule has 1 N–H and O–H groups in total. The first-order valence-electron chi connectivity index (χ1n) is 7.32. The summed E-state index contributed by atoms with van der Waals surface area (Å²) in [5, 5.41) is 7.65. The van der Waals surface area contributed by atoms with Gasteiger partial charge in [-0.1, -0.05) is 12.1 Å². The highest BCUT2D eigenvalue weighted by Gasteiger charge is 2.37. The maximum atomic E-state index is 5.53. The van der Waals surface area contributed by atoms with Gasteiger partial charge in [0.05, 0.1) is 12.0 Å². The number of nitrogens with zero attached hydrogens (tertiary/aromatic N) is 4. The topological polar surface area (TPSA) is 57.4 Å². The van der Waals surface area contributed by atoms with Crippen molar-refractivity contribution in [2.75, 3.05) is 45.8 Å².